The Kier molecular flexibility index (Phi) is 6.23. The Labute approximate surface area is 181 Å². The zero-order valence-corrected chi connectivity index (χ0v) is 18.3. The molecule has 29 heavy (non-hydrogen) atoms. The molecule has 0 spiro atoms. The highest BCUT2D eigenvalue weighted by atomic mass is 79.9. The summed E-state index contributed by atoms with van der Waals surface area (Å²) in [5, 5.41) is 16.0. The highest BCUT2D eigenvalue weighted by Crippen LogP contribution is 2.36. The van der Waals surface area contributed by atoms with Crippen molar-refractivity contribution in [2.24, 2.45) is 5.10 Å². The number of ether oxygens (including phenoxy) is 1. The van der Waals surface area contributed by atoms with Crippen LogP contribution in [0.15, 0.2) is 61.8 Å². The van der Waals surface area contributed by atoms with Gasteiger partial charge >= 0.3 is 5.69 Å². The van der Waals surface area contributed by atoms with Crippen molar-refractivity contribution < 1.29 is 9.66 Å². The SMILES string of the molecule is C=CCOc1c(Br)cc(C=Nn2c(C)nc3ccc(Br)cc3c2=O)cc1[N+](=O)[O-]. The number of aryl methyl sites for hydroxylation is 1. The smallest absolute Gasteiger partial charge is 0.312 e. The summed E-state index contributed by atoms with van der Waals surface area (Å²) in [6.45, 7) is 5.31. The third-order valence-corrected chi connectivity index (χ3v) is 4.96. The van der Waals surface area contributed by atoms with Crippen molar-refractivity contribution >= 4 is 54.7 Å². The first-order chi connectivity index (χ1) is 13.8. The predicted molar refractivity (Wildman–Crippen MR) is 118 cm³/mol. The number of benzene rings is 2. The van der Waals surface area contributed by atoms with Crippen LogP contribution in [0.1, 0.15) is 11.4 Å². The molecular formula is C19H14Br2N4O4. The molecule has 0 aliphatic rings. The second kappa shape index (κ2) is 8.66. The van der Waals surface area contributed by atoms with Crippen molar-refractivity contribution in [2.75, 3.05) is 6.61 Å². The van der Waals surface area contributed by atoms with Crippen molar-refractivity contribution in [3.63, 3.8) is 0 Å². The zero-order valence-electron chi connectivity index (χ0n) is 15.1. The van der Waals surface area contributed by atoms with Crippen LogP contribution in [0.25, 0.3) is 10.9 Å². The Bertz CT molecular complexity index is 1220. The fraction of sp³-hybridized carbons (Fsp3) is 0.105. The maximum absolute atomic E-state index is 12.8. The fourth-order valence-electron chi connectivity index (χ4n) is 2.61. The van der Waals surface area contributed by atoms with E-state index in [-0.39, 0.29) is 23.6 Å². The molecule has 10 heteroatoms. The van der Waals surface area contributed by atoms with Gasteiger partial charge in [-0.05, 0) is 47.1 Å². The second-order valence-corrected chi connectivity index (χ2v) is 7.66. The Morgan fingerprint density at radius 3 is 2.79 bits per heavy atom. The molecule has 0 fully saturated rings. The normalized spacial score (nSPS) is 11.1. The summed E-state index contributed by atoms with van der Waals surface area (Å²) in [5.41, 5.74) is 0.399. The van der Waals surface area contributed by atoms with Crippen molar-refractivity contribution in [1.29, 1.82) is 0 Å². The lowest BCUT2D eigenvalue weighted by molar-refractivity contribution is -0.385. The van der Waals surface area contributed by atoms with Gasteiger partial charge in [-0.3, -0.25) is 14.9 Å². The van der Waals surface area contributed by atoms with Gasteiger partial charge in [0, 0.05) is 16.1 Å². The average Bonchev–Trinajstić information content (AvgIpc) is 2.67. The summed E-state index contributed by atoms with van der Waals surface area (Å²) >= 11 is 6.62. The minimum Gasteiger partial charge on any atom is -0.482 e. The largest absolute Gasteiger partial charge is 0.482 e. The molecule has 0 atom stereocenters. The Morgan fingerprint density at radius 1 is 1.34 bits per heavy atom. The van der Waals surface area contributed by atoms with Crippen LogP contribution in [0, 0.1) is 17.0 Å². The topological polar surface area (TPSA) is 99.6 Å². The van der Waals surface area contributed by atoms with Crippen molar-refractivity contribution in [3.05, 3.63) is 83.8 Å². The molecule has 0 aliphatic carbocycles. The van der Waals surface area contributed by atoms with E-state index in [4.69, 9.17) is 4.74 Å². The van der Waals surface area contributed by atoms with Crippen LogP contribution in [-0.4, -0.2) is 27.4 Å². The summed E-state index contributed by atoms with van der Waals surface area (Å²) in [4.78, 5) is 28.0. The van der Waals surface area contributed by atoms with Crippen LogP contribution >= 0.6 is 31.9 Å². The van der Waals surface area contributed by atoms with Gasteiger partial charge in [-0.25, -0.2) is 4.98 Å². The molecule has 0 saturated carbocycles. The van der Waals surface area contributed by atoms with Crippen LogP contribution in [0.2, 0.25) is 0 Å². The highest BCUT2D eigenvalue weighted by Gasteiger charge is 2.20. The molecule has 2 aromatic carbocycles. The minimum absolute atomic E-state index is 0.0950. The first-order valence-corrected chi connectivity index (χ1v) is 9.85. The van der Waals surface area contributed by atoms with E-state index < -0.39 is 4.92 Å². The first kappa shape index (κ1) is 20.9. The van der Waals surface area contributed by atoms with Crippen molar-refractivity contribution in [2.45, 2.75) is 6.92 Å². The van der Waals surface area contributed by atoms with E-state index in [0.717, 1.165) is 9.15 Å². The van der Waals surface area contributed by atoms with Gasteiger partial charge in [0.15, 0.2) is 0 Å². The van der Waals surface area contributed by atoms with Gasteiger partial charge in [-0.2, -0.15) is 9.78 Å². The van der Waals surface area contributed by atoms with Gasteiger partial charge in [0.2, 0.25) is 5.75 Å². The van der Waals surface area contributed by atoms with Gasteiger partial charge in [0.25, 0.3) is 5.56 Å². The molecule has 0 aliphatic heterocycles. The molecule has 8 nitrogen and oxygen atoms in total. The zero-order chi connectivity index (χ0) is 21.1. The lowest BCUT2D eigenvalue weighted by Gasteiger charge is -2.08. The molecule has 0 N–H and O–H groups in total. The number of nitrogens with zero attached hydrogens (tertiary/aromatic N) is 4. The second-order valence-electron chi connectivity index (χ2n) is 5.89. The van der Waals surface area contributed by atoms with E-state index in [9.17, 15) is 14.9 Å². The van der Waals surface area contributed by atoms with Crippen LogP contribution in [0.3, 0.4) is 0 Å². The quantitative estimate of drug-likeness (QED) is 0.204. The van der Waals surface area contributed by atoms with Crippen LogP contribution in [-0.2, 0) is 0 Å². The number of rotatable bonds is 6. The third-order valence-electron chi connectivity index (χ3n) is 3.88. The third kappa shape index (κ3) is 4.43. The highest BCUT2D eigenvalue weighted by molar-refractivity contribution is 9.10. The Hall–Kier alpha value is -2.85. The van der Waals surface area contributed by atoms with Crippen molar-refractivity contribution in [1.82, 2.24) is 9.66 Å². The summed E-state index contributed by atoms with van der Waals surface area (Å²) in [6.07, 6.45) is 2.85. The number of fused-ring (bicyclic) bond motifs is 1. The summed E-state index contributed by atoms with van der Waals surface area (Å²) in [7, 11) is 0. The number of hydrogen-bond donors (Lipinski definition) is 0. The van der Waals surface area contributed by atoms with Crippen molar-refractivity contribution in [3.8, 4) is 5.75 Å². The van der Waals surface area contributed by atoms with Gasteiger partial charge in [-0.15, -0.1) is 0 Å². The van der Waals surface area contributed by atoms with Crippen LogP contribution in [0.4, 0.5) is 5.69 Å². The maximum atomic E-state index is 12.8. The number of nitro groups is 1. The fourth-order valence-corrected chi connectivity index (χ4v) is 3.56. The predicted octanol–water partition coefficient (Wildman–Crippen LogP) is 4.59. The summed E-state index contributed by atoms with van der Waals surface area (Å²) in [6, 6.07) is 8.14. The van der Waals surface area contributed by atoms with Gasteiger partial charge in [0.05, 0.1) is 26.5 Å². The van der Waals surface area contributed by atoms with Crippen LogP contribution in [0.5, 0.6) is 5.75 Å². The lowest BCUT2D eigenvalue weighted by atomic mass is 10.2. The summed E-state index contributed by atoms with van der Waals surface area (Å²) < 4.78 is 7.66. The number of aromatic nitrogens is 2. The monoisotopic (exact) mass is 520 g/mol. The molecule has 0 unspecified atom stereocenters. The molecule has 3 aromatic rings. The lowest BCUT2D eigenvalue weighted by Crippen LogP contribution is -2.20. The molecule has 0 bridgehead atoms. The first-order valence-electron chi connectivity index (χ1n) is 8.26. The van der Waals surface area contributed by atoms with Gasteiger partial charge in [0.1, 0.15) is 12.4 Å². The van der Waals surface area contributed by atoms with E-state index in [1.807, 2.05) is 0 Å². The molecule has 0 amide bonds. The molecule has 0 radical (unpaired) electrons. The van der Waals surface area contributed by atoms with E-state index in [1.165, 1.54) is 18.4 Å². The molecule has 1 heterocycles. The Morgan fingerprint density at radius 2 is 2.10 bits per heavy atom. The van der Waals surface area contributed by atoms with E-state index in [1.54, 1.807) is 31.2 Å². The minimum atomic E-state index is -0.549. The Balaban J connectivity index is 2.07. The number of hydrogen-bond acceptors (Lipinski definition) is 6. The average molecular weight is 522 g/mol. The standard InChI is InChI=1S/C19H14Br2N4O4/c1-3-6-29-18-15(21)7-12(8-17(18)25(27)28)10-22-24-11(2)23-16-5-4-13(20)9-14(16)19(24)26/h3-5,7-10H,1,6H2,2H3. The van der Waals surface area contributed by atoms with E-state index >= 15 is 0 Å². The van der Waals surface area contributed by atoms with E-state index in [2.05, 4.69) is 48.5 Å². The van der Waals surface area contributed by atoms with E-state index in [0.29, 0.717) is 26.8 Å². The molecular weight excluding hydrogens is 508 g/mol. The maximum Gasteiger partial charge on any atom is 0.312 e. The van der Waals surface area contributed by atoms with Crippen LogP contribution < -0.4 is 10.3 Å². The summed E-state index contributed by atoms with van der Waals surface area (Å²) in [5.74, 6) is 0.484. The van der Waals surface area contributed by atoms with Gasteiger partial charge in [-0.1, -0.05) is 28.6 Å². The number of nitro benzene ring substituents is 1. The number of halogens is 2. The molecule has 148 valence electrons. The molecule has 3 rings (SSSR count). The van der Waals surface area contributed by atoms with Gasteiger partial charge < -0.3 is 4.74 Å². The molecule has 0 saturated heterocycles. The molecule has 1 aromatic heterocycles.